The molecule has 0 radical (unpaired) electrons. The molecular weight excluding hydrogens is 516 g/mol. The first kappa shape index (κ1) is 28.9. The highest BCUT2D eigenvalue weighted by molar-refractivity contribution is 7.92. The van der Waals surface area contributed by atoms with Crippen LogP contribution in [-0.4, -0.2) is 50.5 Å². The topological polar surface area (TPSA) is 86.8 Å². The molecule has 11 heteroatoms. The largest absolute Gasteiger partial charge is 0.354 e. The van der Waals surface area contributed by atoms with Crippen LogP contribution in [0, 0.1) is 11.7 Å². The van der Waals surface area contributed by atoms with Gasteiger partial charge in [-0.3, -0.25) is 13.9 Å². The molecule has 0 saturated carbocycles. The maximum absolute atomic E-state index is 14.5. The van der Waals surface area contributed by atoms with Gasteiger partial charge in [-0.25, -0.2) is 12.8 Å². The van der Waals surface area contributed by atoms with Crippen LogP contribution in [0.15, 0.2) is 42.5 Å². The molecule has 0 aliphatic heterocycles. The fourth-order valence-corrected chi connectivity index (χ4v) is 4.60. The Labute approximate surface area is 216 Å². The lowest BCUT2D eigenvalue weighted by Crippen LogP contribution is -2.52. The summed E-state index contributed by atoms with van der Waals surface area (Å²) in [6, 6.07) is 9.21. The second-order valence-electron chi connectivity index (χ2n) is 8.55. The maximum Gasteiger partial charge on any atom is 0.244 e. The predicted octanol–water partition coefficient (Wildman–Crippen LogP) is 4.48. The monoisotopic (exact) mass is 545 g/mol. The Hall–Kier alpha value is -2.36. The fourth-order valence-electron chi connectivity index (χ4n) is 3.43. The Bertz CT molecular complexity index is 1160. The summed E-state index contributed by atoms with van der Waals surface area (Å²) in [6.07, 6.45) is 1.16. The van der Waals surface area contributed by atoms with E-state index < -0.39 is 34.3 Å². The first-order valence-corrected chi connectivity index (χ1v) is 13.7. The van der Waals surface area contributed by atoms with E-state index in [1.807, 2.05) is 13.8 Å². The zero-order valence-electron chi connectivity index (χ0n) is 20.1. The van der Waals surface area contributed by atoms with Crippen molar-refractivity contribution in [2.24, 2.45) is 5.92 Å². The van der Waals surface area contributed by atoms with Gasteiger partial charge < -0.3 is 10.2 Å². The molecule has 0 aliphatic rings. The fraction of sp³-hybridized carbons (Fsp3) is 0.417. The molecule has 192 valence electrons. The van der Waals surface area contributed by atoms with E-state index in [-0.39, 0.29) is 35.5 Å². The molecule has 0 spiro atoms. The molecule has 0 fully saturated rings. The number of amides is 2. The van der Waals surface area contributed by atoms with Gasteiger partial charge in [0.1, 0.15) is 18.4 Å². The number of hydrogen-bond donors (Lipinski definition) is 1. The van der Waals surface area contributed by atoms with Gasteiger partial charge in [-0.05, 0) is 42.2 Å². The number of benzene rings is 2. The number of nitrogens with one attached hydrogen (secondary N) is 1. The molecule has 0 unspecified atom stereocenters. The van der Waals surface area contributed by atoms with E-state index >= 15 is 0 Å². The van der Waals surface area contributed by atoms with Gasteiger partial charge in [0.05, 0.1) is 22.0 Å². The number of rotatable bonds is 11. The van der Waals surface area contributed by atoms with Crippen LogP contribution in [0.4, 0.5) is 10.1 Å². The van der Waals surface area contributed by atoms with Crippen LogP contribution in [0.1, 0.15) is 32.8 Å². The van der Waals surface area contributed by atoms with Crippen molar-refractivity contribution in [2.45, 2.75) is 39.8 Å². The molecule has 35 heavy (non-hydrogen) atoms. The summed E-state index contributed by atoms with van der Waals surface area (Å²) < 4.78 is 40.2. The average Bonchev–Trinajstić information content (AvgIpc) is 2.78. The zero-order chi connectivity index (χ0) is 26.3. The van der Waals surface area contributed by atoms with Crippen LogP contribution in [0.25, 0.3) is 0 Å². The van der Waals surface area contributed by atoms with Gasteiger partial charge in [0, 0.05) is 13.1 Å². The van der Waals surface area contributed by atoms with Gasteiger partial charge in [-0.1, -0.05) is 62.2 Å². The van der Waals surface area contributed by atoms with Crippen molar-refractivity contribution in [1.82, 2.24) is 10.2 Å². The van der Waals surface area contributed by atoms with Crippen molar-refractivity contribution < 1.29 is 22.4 Å². The third-order valence-electron chi connectivity index (χ3n) is 5.21. The lowest BCUT2D eigenvalue weighted by Gasteiger charge is -2.33. The number of anilines is 1. The summed E-state index contributed by atoms with van der Waals surface area (Å²) >= 11 is 12.1. The van der Waals surface area contributed by atoms with Gasteiger partial charge in [0.15, 0.2) is 0 Å². The third-order valence-corrected chi connectivity index (χ3v) is 7.07. The lowest BCUT2D eigenvalue weighted by atomic mass is 10.1. The van der Waals surface area contributed by atoms with Crippen molar-refractivity contribution in [2.75, 3.05) is 23.7 Å². The third kappa shape index (κ3) is 8.08. The Morgan fingerprint density at radius 2 is 1.74 bits per heavy atom. The summed E-state index contributed by atoms with van der Waals surface area (Å²) in [4.78, 5) is 27.8. The Morgan fingerprint density at radius 1 is 1.09 bits per heavy atom. The quantitative estimate of drug-likeness (QED) is 0.451. The number of hydrogen-bond acceptors (Lipinski definition) is 4. The van der Waals surface area contributed by atoms with Crippen LogP contribution >= 0.6 is 23.2 Å². The standard InChI is InChI=1S/C24H30Cl2FN3O4S/c1-5-21(24(32)28-13-16(2)3)29(14-17-10-11-18(25)19(26)12-17)23(31)15-30(35(4,33)34)22-9-7-6-8-20(22)27/h6-12,16,21H,5,13-15H2,1-4H3,(H,28,32)/t21-/m0/s1. The molecule has 1 atom stereocenters. The molecular formula is C24H30Cl2FN3O4S. The van der Waals surface area contributed by atoms with Gasteiger partial charge in [0.25, 0.3) is 0 Å². The van der Waals surface area contributed by atoms with Crippen LogP contribution in [0.2, 0.25) is 10.0 Å². The normalized spacial score (nSPS) is 12.3. The molecule has 2 rings (SSSR count). The molecule has 0 aromatic heterocycles. The van der Waals surface area contributed by atoms with Crippen molar-refractivity contribution in [3.05, 3.63) is 63.9 Å². The van der Waals surface area contributed by atoms with E-state index in [9.17, 15) is 22.4 Å². The minimum Gasteiger partial charge on any atom is -0.354 e. The predicted molar refractivity (Wildman–Crippen MR) is 138 cm³/mol. The highest BCUT2D eigenvalue weighted by Gasteiger charge is 2.32. The summed E-state index contributed by atoms with van der Waals surface area (Å²) in [5.74, 6) is -1.64. The molecule has 0 saturated heterocycles. The molecule has 2 amide bonds. The van der Waals surface area contributed by atoms with Crippen molar-refractivity contribution in [3.63, 3.8) is 0 Å². The molecule has 2 aromatic rings. The number of nitrogens with zero attached hydrogens (tertiary/aromatic N) is 2. The van der Waals surface area contributed by atoms with E-state index in [0.717, 1.165) is 12.3 Å². The minimum atomic E-state index is -4.02. The molecule has 0 heterocycles. The van der Waals surface area contributed by atoms with Crippen molar-refractivity contribution >= 4 is 50.7 Å². The molecule has 2 aromatic carbocycles. The Balaban J connectivity index is 2.46. The second kappa shape index (κ2) is 12.6. The number of sulfonamides is 1. The average molecular weight is 546 g/mol. The van der Waals surface area contributed by atoms with Gasteiger partial charge in [-0.2, -0.15) is 0 Å². The maximum atomic E-state index is 14.5. The van der Waals surface area contributed by atoms with Gasteiger partial charge in [0.2, 0.25) is 21.8 Å². The zero-order valence-corrected chi connectivity index (χ0v) is 22.4. The summed E-state index contributed by atoms with van der Waals surface area (Å²) in [7, 11) is -4.02. The Kier molecular flexibility index (Phi) is 10.4. The first-order valence-electron chi connectivity index (χ1n) is 11.1. The highest BCUT2D eigenvalue weighted by Crippen LogP contribution is 2.25. The number of halogens is 3. The van der Waals surface area contributed by atoms with Crippen LogP contribution < -0.4 is 9.62 Å². The molecule has 0 bridgehead atoms. The molecule has 1 N–H and O–H groups in total. The van der Waals surface area contributed by atoms with E-state index in [2.05, 4.69) is 5.32 Å². The van der Waals surface area contributed by atoms with Crippen LogP contribution in [0.3, 0.4) is 0 Å². The first-order chi connectivity index (χ1) is 16.3. The molecule has 7 nitrogen and oxygen atoms in total. The van der Waals surface area contributed by atoms with Gasteiger partial charge >= 0.3 is 0 Å². The Morgan fingerprint density at radius 3 is 2.29 bits per heavy atom. The molecule has 0 aliphatic carbocycles. The van der Waals surface area contributed by atoms with Crippen molar-refractivity contribution in [3.8, 4) is 0 Å². The summed E-state index contributed by atoms with van der Waals surface area (Å²) in [6.45, 7) is 5.33. The summed E-state index contributed by atoms with van der Waals surface area (Å²) in [5.41, 5.74) is 0.342. The van der Waals surface area contributed by atoms with E-state index in [1.54, 1.807) is 25.1 Å². The highest BCUT2D eigenvalue weighted by atomic mass is 35.5. The second-order valence-corrected chi connectivity index (χ2v) is 11.3. The summed E-state index contributed by atoms with van der Waals surface area (Å²) in [5, 5.41) is 3.43. The van der Waals surface area contributed by atoms with Gasteiger partial charge in [-0.15, -0.1) is 0 Å². The number of para-hydroxylation sites is 1. The van der Waals surface area contributed by atoms with Crippen LogP contribution in [-0.2, 0) is 26.2 Å². The minimum absolute atomic E-state index is 0.0296. The SMILES string of the molecule is CC[C@@H](C(=O)NCC(C)C)N(Cc1ccc(Cl)c(Cl)c1)C(=O)CN(c1ccccc1F)S(C)(=O)=O. The number of carbonyl (C=O) groups excluding carboxylic acids is 2. The van der Waals surface area contributed by atoms with Crippen LogP contribution in [0.5, 0.6) is 0 Å². The van der Waals surface area contributed by atoms with E-state index in [0.29, 0.717) is 21.4 Å². The van der Waals surface area contributed by atoms with Crippen molar-refractivity contribution in [1.29, 1.82) is 0 Å². The smallest absolute Gasteiger partial charge is 0.244 e. The van der Waals surface area contributed by atoms with E-state index in [4.69, 9.17) is 23.2 Å². The lowest BCUT2D eigenvalue weighted by molar-refractivity contribution is -0.140. The van der Waals surface area contributed by atoms with E-state index in [1.165, 1.54) is 23.1 Å². The number of carbonyl (C=O) groups is 2.